The molecule has 5 rings (SSSR count). The van der Waals surface area contributed by atoms with E-state index >= 15 is 0 Å². The minimum Gasteiger partial charge on any atom is -0.347 e. The smallest absolute Gasteiger partial charge is 0.244 e. The van der Waals surface area contributed by atoms with Gasteiger partial charge in [0, 0.05) is 18.5 Å². The third-order valence-corrected chi connectivity index (χ3v) is 4.48. The van der Waals surface area contributed by atoms with E-state index in [-0.39, 0.29) is 6.04 Å². The number of aromatic nitrogens is 4. The van der Waals surface area contributed by atoms with Gasteiger partial charge in [0.25, 0.3) is 0 Å². The van der Waals surface area contributed by atoms with Gasteiger partial charge in [-0.25, -0.2) is 4.98 Å². The van der Waals surface area contributed by atoms with E-state index in [2.05, 4.69) is 49.7 Å². The highest BCUT2D eigenvalue weighted by Crippen LogP contribution is 2.26. The van der Waals surface area contributed by atoms with Crippen molar-refractivity contribution in [2.45, 2.75) is 19.0 Å². The Balaban J connectivity index is 1.46. The summed E-state index contributed by atoms with van der Waals surface area (Å²) in [6.07, 6.45) is 2.47. The van der Waals surface area contributed by atoms with E-state index < -0.39 is 0 Å². The van der Waals surface area contributed by atoms with Gasteiger partial charge < -0.3 is 9.51 Å². The van der Waals surface area contributed by atoms with Crippen molar-refractivity contribution >= 4 is 10.8 Å². The summed E-state index contributed by atoms with van der Waals surface area (Å²) >= 11 is 0. The maximum Gasteiger partial charge on any atom is 0.244 e. The molecule has 1 unspecified atom stereocenters. The zero-order valence-corrected chi connectivity index (χ0v) is 12.9. The molecule has 1 atom stereocenters. The number of nitrogens with one attached hydrogen (secondary N) is 2. The second-order valence-electron chi connectivity index (χ2n) is 5.98. The lowest BCUT2D eigenvalue weighted by Gasteiger charge is -2.19. The summed E-state index contributed by atoms with van der Waals surface area (Å²) in [4.78, 5) is 12.1. The molecule has 0 radical (unpaired) electrons. The van der Waals surface area contributed by atoms with Gasteiger partial charge in [-0.2, -0.15) is 4.98 Å². The molecular formula is C18H15N5O. The van der Waals surface area contributed by atoms with Gasteiger partial charge in [-0.1, -0.05) is 41.6 Å². The van der Waals surface area contributed by atoms with Crippen LogP contribution in [0.3, 0.4) is 0 Å². The Labute approximate surface area is 137 Å². The molecule has 0 saturated heterocycles. The van der Waals surface area contributed by atoms with Crippen molar-refractivity contribution in [3.05, 3.63) is 66.1 Å². The van der Waals surface area contributed by atoms with Crippen molar-refractivity contribution in [2.75, 3.05) is 0 Å². The number of hydrogen-bond acceptors (Lipinski definition) is 5. The molecule has 6 nitrogen and oxygen atoms in total. The van der Waals surface area contributed by atoms with Gasteiger partial charge in [0.05, 0.1) is 23.8 Å². The molecule has 4 aromatic rings. The van der Waals surface area contributed by atoms with E-state index in [0.29, 0.717) is 11.7 Å². The minimum absolute atomic E-state index is 0.00232. The Morgan fingerprint density at radius 3 is 2.96 bits per heavy atom. The molecule has 0 fully saturated rings. The van der Waals surface area contributed by atoms with E-state index in [9.17, 15) is 0 Å². The first-order valence-electron chi connectivity index (χ1n) is 7.94. The van der Waals surface area contributed by atoms with Crippen LogP contribution in [0.15, 0.2) is 53.3 Å². The molecular weight excluding hydrogens is 302 g/mol. The summed E-state index contributed by atoms with van der Waals surface area (Å²) in [6.45, 7) is 0.730. The molecule has 0 amide bonds. The molecule has 2 aromatic carbocycles. The number of H-pyrrole nitrogens is 1. The summed E-state index contributed by atoms with van der Waals surface area (Å²) in [7, 11) is 0. The highest BCUT2D eigenvalue weighted by atomic mass is 16.5. The van der Waals surface area contributed by atoms with E-state index in [4.69, 9.17) is 4.52 Å². The molecule has 3 heterocycles. The van der Waals surface area contributed by atoms with Gasteiger partial charge >= 0.3 is 0 Å². The lowest BCUT2D eigenvalue weighted by atomic mass is 10.1. The fourth-order valence-corrected chi connectivity index (χ4v) is 3.17. The molecule has 1 aliphatic heterocycles. The number of imidazole rings is 1. The minimum atomic E-state index is 0.00232. The van der Waals surface area contributed by atoms with E-state index in [0.717, 1.165) is 29.9 Å². The molecule has 0 spiro atoms. The molecule has 118 valence electrons. The quantitative estimate of drug-likeness (QED) is 0.594. The van der Waals surface area contributed by atoms with E-state index in [1.54, 1.807) is 6.33 Å². The van der Waals surface area contributed by atoms with E-state index in [1.807, 2.05) is 18.2 Å². The average Bonchev–Trinajstić information content (AvgIpc) is 3.30. The number of aromatic amines is 1. The molecule has 0 bridgehead atoms. The molecule has 0 aliphatic carbocycles. The topological polar surface area (TPSA) is 79.6 Å². The normalized spacial score (nSPS) is 17.1. The van der Waals surface area contributed by atoms with Crippen molar-refractivity contribution in [2.24, 2.45) is 0 Å². The SMILES string of the molecule is c1ccc2cc(-c3noc(C4Cc5nc[nH]c5CN4)n3)ccc2c1. The molecule has 2 aromatic heterocycles. The summed E-state index contributed by atoms with van der Waals surface area (Å²) in [5, 5.41) is 9.93. The number of fused-ring (bicyclic) bond motifs is 2. The first-order valence-corrected chi connectivity index (χ1v) is 7.94. The summed E-state index contributed by atoms with van der Waals surface area (Å²) in [5.41, 5.74) is 3.14. The number of benzene rings is 2. The second kappa shape index (κ2) is 5.28. The number of hydrogen-bond donors (Lipinski definition) is 2. The maximum absolute atomic E-state index is 5.50. The van der Waals surface area contributed by atoms with Gasteiger partial charge in [0.2, 0.25) is 11.7 Å². The molecule has 6 heteroatoms. The molecule has 24 heavy (non-hydrogen) atoms. The van der Waals surface area contributed by atoms with Gasteiger partial charge in [0.15, 0.2) is 0 Å². The average molecular weight is 317 g/mol. The van der Waals surface area contributed by atoms with Crippen LogP contribution in [-0.2, 0) is 13.0 Å². The van der Waals surface area contributed by atoms with Crippen LogP contribution in [0.1, 0.15) is 23.3 Å². The zero-order chi connectivity index (χ0) is 15.9. The maximum atomic E-state index is 5.50. The number of rotatable bonds is 2. The largest absolute Gasteiger partial charge is 0.347 e. The Morgan fingerprint density at radius 1 is 1.08 bits per heavy atom. The monoisotopic (exact) mass is 317 g/mol. The zero-order valence-electron chi connectivity index (χ0n) is 12.9. The van der Waals surface area contributed by atoms with Crippen molar-refractivity contribution < 1.29 is 4.52 Å². The van der Waals surface area contributed by atoms with Gasteiger partial charge in [-0.15, -0.1) is 0 Å². The van der Waals surface area contributed by atoms with Crippen LogP contribution in [0.2, 0.25) is 0 Å². The van der Waals surface area contributed by atoms with Crippen LogP contribution in [-0.4, -0.2) is 20.1 Å². The van der Waals surface area contributed by atoms with Crippen LogP contribution >= 0.6 is 0 Å². The van der Waals surface area contributed by atoms with Crippen LogP contribution in [0, 0.1) is 0 Å². The van der Waals surface area contributed by atoms with Gasteiger partial charge in [0.1, 0.15) is 0 Å². The Kier molecular flexibility index (Phi) is 2.96. The van der Waals surface area contributed by atoms with E-state index in [1.165, 1.54) is 10.8 Å². The highest BCUT2D eigenvalue weighted by molar-refractivity contribution is 5.86. The molecule has 2 N–H and O–H groups in total. The third kappa shape index (κ3) is 2.19. The first-order chi connectivity index (χ1) is 11.9. The standard InChI is InChI=1S/C18H15N5O/c1-2-4-12-7-13(6-5-11(12)3-1)17-22-18(24-23-17)15-8-14-16(9-19-15)21-10-20-14/h1-7,10,15,19H,8-9H2,(H,20,21). The van der Waals surface area contributed by atoms with Crippen LogP contribution in [0.25, 0.3) is 22.2 Å². The van der Waals surface area contributed by atoms with Crippen molar-refractivity contribution in [3.8, 4) is 11.4 Å². The summed E-state index contributed by atoms with van der Waals surface area (Å²) in [6, 6.07) is 14.4. The number of nitrogens with zero attached hydrogens (tertiary/aromatic N) is 3. The lowest BCUT2D eigenvalue weighted by molar-refractivity contribution is 0.319. The highest BCUT2D eigenvalue weighted by Gasteiger charge is 2.26. The predicted molar refractivity (Wildman–Crippen MR) is 89.1 cm³/mol. The lowest BCUT2D eigenvalue weighted by Crippen LogP contribution is -2.28. The van der Waals surface area contributed by atoms with Crippen LogP contribution < -0.4 is 5.32 Å². The second-order valence-corrected chi connectivity index (χ2v) is 5.98. The van der Waals surface area contributed by atoms with Crippen molar-refractivity contribution in [3.63, 3.8) is 0 Å². The van der Waals surface area contributed by atoms with Crippen LogP contribution in [0.5, 0.6) is 0 Å². The fourth-order valence-electron chi connectivity index (χ4n) is 3.17. The van der Waals surface area contributed by atoms with Crippen LogP contribution in [0.4, 0.5) is 0 Å². The first kappa shape index (κ1) is 13.4. The fraction of sp³-hybridized carbons (Fsp3) is 0.167. The van der Waals surface area contributed by atoms with Gasteiger partial charge in [-0.05, 0) is 16.8 Å². The Morgan fingerprint density at radius 2 is 2.00 bits per heavy atom. The Hall–Kier alpha value is -2.99. The predicted octanol–water partition coefficient (Wildman–Crippen LogP) is 3.00. The molecule has 0 saturated carbocycles. The summed E-state index contributed by atoms with van der Waals surface area (Å²) in [5.74, 6) is 1.22. The van der Waals surface area contributed by atoms with Crippen molar-refractivity contribution in [1.82, 2.24) is 25.4 Å². The van der Waals surface area contributed by atoms with Gasteiger partial charge in [-0.3, -0.25) is 5.32 Å². The Bertz CT molecular complexity index is 1020. The molecule has 1 aliphatic rings. The van der Waals surface area contributed by atoms with Crippen molar-refractivity contribution in [1.29, 1.82) is 0 Å². The third-order valence-electron chi connectivity index (χ3n) is 4.48. The summed E-state index contributed by atoms with van der Waals surface area (Å²) < 4.78 is 5.50.